The molecule has 0 aliphatic heterocycles. The molecule has 1 aliphatic carbocycles. The van der Waals surface area contributed by atoms with Gasteiger partial charge in [-0.2, -0.15) is 13.2 Å². The summed E-state index contributed by atoms with van der Waals surface area (Å²) in [6.07, 6.45) is 0.148. The first-order valence-electron chi connectivity index (χ1n) is 10.3. The maximum atomic E-state index is 13.7. The number of pyridine rings is 2. The lowest BCUT2D eigenvalue weighted by Crippen LogP contribution is -2.21. The minimum absolute atomic E-state index is 0.0179. The molecule has 1 amide bonds. The van der Waals surface area contributed by atoms with E-state index in [-0.39, 0.29) is 22.9 Å². The van der Waals surface area contributed by atoms with Gasteiger partial charge in [0.1, 0.15) is 5.82 Å². The van der Waals surface area contributed by atoms with Gasteiger partial charge in [-0.1, -0.05) is 18.2 Å². The van der Waals surface area contributed by atoms with Crippen molar-refractivity contribution in [3.05, 3.63) is 83.3 Å². The van der Waals surface area contributed by atoms with Crippen molar-refractivity contribution >= 4 is 28.8 Å². The van der Waals surface area contributed by atoms with E-state index in [1.807, 2.05) is 18.2 Å². The first-order valence-corrected chi connectivity index (χ1v) is 10.3. The van der Waals surface area contributed by atoms with Crippen LogP contribution in [0.5, 0.6) is 0 Å². The molecule has 0 bridgehead atoms. The van der Waals surface area contributed by atoms with Crippen molar-refractivity contribution in [2.75, 3.05) is 17.7 Å². The molecule has 0 unspecified atom stereocenters. The van der Waals surface area contributed by atoms with Crippen molar-refractivity contribution in [2.45, 2.75) is 25.4 Å². The number of carbonyl (C=O) groups is 1. The normalized spacial score (nSPS) is 13.3. The van der Waals surface area contributed by atoms with Crippen LogP contribution in [0.3, 0.4) is 0 Å². The highest BCUT2D eigenvalue weighted by Crippen LogP contribution is 2.37. The number of amides is 1. The highest BCUT2D eigenvalue weighted by Gasteiger charge is 2.34. The van der Waals surface area contributed by atoms with E-state index in [1.165, 1.54) is 48.1 Å². The van der Waals surface area contributed by atoms with Crippen molar-refractivity contribution in [3.63, 3.8) is 0 Å². The Morgan fingerprint density at radius 3 is 2.61 bits per heavy atom. The zero-order chi connectivity index (χ0) is 23.6. The number of rotatable bonds is 5. The molecule has 9 heteroatoms. The number of carbonyl (C=O) groups excluding carboxylic acids is 1. The van der Waals surface area contributed by atoms with Crippen LogP contribution in [0.25, 0.3) is 0 Å². The Kier molecular flexibility index (Phi) is 6.04. The molecule has 6 nitrogen and oxygen atoms in total. The summed E-state index contributed by atoms with van der Waals surface area (Å²) in [6, 6.07) is 10.1. The first-order chi connectivity index (χ1) is 15.7. The van der Waals surface area contributed by atoms with Crippen molar-refractivity contribution < 1.29 is 18.0 Å². The van der Waals surface area contributed by atoms with E-state index in [0.29, 0.717) is 0 Å². The Bertz CT molecular complexity index is 1220. The second-order valence-electron chi connectivity index (χ2n) is 7.75. The minimum Gasteiger partial charge on any atom is -0.354 e. The maximum Gasteiger partial charge on any atom is 0.419 e. The molecular weight excluding hydrogens is 431 g/mol. The number of fused-ring (bicyclic) bond motifs is 1. The number of aromatic nitrogens is 2. The fourth-order valence-corrected chi connectivity index (χ4v) is 3.73. The van der Waals surface area contributed by atoms with Crippen LogP contribution < -0.4 is 16.0 Å². The molecule has 2 heterocycles. The van der Waals surface area contributed by atoms with Crippen molar-refractivity contribution in [1.82, 2.24) is 15.3 Å². The molecule has 0 atom stereocenters. The average Bonchev–Trinajstić information content (AvgIpc) is 2.78. The Hall–Kier alpha value is -3.88. The number of hydrogen-bond acceptors (Lipinski definition) is 5. The molecule has 33 heavy (non-hydrogen) atoms. The van der Waals surface area contributed by atoms with Gasteiger partial charge in [-0.3, -0.25) is 4.79 Å². The topological polar surface area (TPSA) is 78.9 Å². The SMILES string of the molecule is C=C1CCc2cc(Nc3cc(Nc4cccnc4C(=O)NC)c(C(F)(F)F)cn3)ccc2C1. The summed E-state index contributed by atoms with van der Waals surface area (Å²) >= 11 is 0. The van der Waals surface area contributed by atoms with Gasteiger partial charge < -0.3 is 16.0 Å². The Morgan fingerprint density at radius 1 is 1.03 bits per heavy atom. The first kappa shape index (κ1) is 22.3. The number of anilines is 4. The highest BCUT2D eigenvalue weighted by atomic mass is 19.4. The molecule has 0 spiro atoms. The lowest BCUT2D eigenvalue weighted by molar-refractivity contribution is -0.137. The molecule has 0 fully saturated rings. The summed E-state index contributed by atoms with van der Waals surface area (Å²) in [6.45, 7) is 4.04. The summed E-state index contributed by atoms with van der Waals surface area (Å²) in [4.78, 5) is 20.0. The van der Waals surface area contributed by atoms with Crippen LogP contribution in [0.2, 0.25) is 0 Å². The average molecular weight is 453 g/mol. The van der Waals surface area contributed by atoms with Crippen LogP contribution in [0.15, 0.2) is 60.9 Å². The number of benzene rings is 1. The maximum absolute atomic E-state index is 13.7. The van der Waals surface area contributed by atoms with Crippen LogP contribution >= 0.6 is 0 Å². The summed E-state index contributed by atoms with van der Waals surface area (Å²) < 4.78 is 41.0. The van der Waals surface area contributed by atoms with Crippen LogP contribution in [0, 0.1) is 0 Å². The second kappa shape index (κ2) is 8.93. The van der Waals surface area contributed by atoms with E-state index < -0.39 is 17.6 Å². The number of hydrogen-bond donors (Lipinski definition) is 3. The largest absolute Gasteiger partial charge is 0.419 e. The molecule has 0 saturated carbocycles. The zero-order valence-electron chi connectivity index (χ0n) is 17.9. The van der Waals surface area contributed by atoms with Crippen molar-refractivity contribution in [2.24, 2.45) is 0 Å². The third-order valence-corrected chi connectivity index (χ3v) is 5.40. The standard InChI is InChI=1S/C24H22F3N5O/c1-14-5-6-16-11-17(8-7-15(16)10-14)31-21-12-20(18(13-30-21)24(25,26)27)32-19-4-3-9-29-22(19)23(33)28-2/h3-4,7-9,11-13H,1,5-6,10H2,2H3,(H,28,33)(H2,30,31,32). The summed E-state index contributed by atoms with van der Waals surface area (Å²) in [7, 11) is 1.42. The molecule has 1 aromatic carbocycles. The third kappa shape index (κ3) is 4.97. The molecule has 3 N–H and O–H groups in total. The van der Waals surface area contributed by atoms with Gasteiger partial charge in [0, 0.05) is 31.2 Å². The van der Waals surface area contributed by atoms with Crippen LogP contribution in [-0.2, 0) is 19.0 Å². The van der Waals surface area contributed by atoms with E-state index in [2.05, 4.69) is 32.5 Å². The van der Waals surface area contributed by atoms with E-state index in [0.717, 1.165) is 31.1 Å². The molecule has 0 radical (unpaired) electrons. The van der Waals surface area contributed by atoms with Gasteiger partial charge >= 0.3 is 6.18 Å². The van der Waals surface area contributed by atoms with E-state index in [1.54, 1.807) is 0 Å². The Labute approximate surface area is 189 Å². The number of allylic oxidation sites excluding steroid dienone is 1. The zero-order valence-corrected chi connectivity index (χ0v) is 17.9. The fourth-order valence-electron chi connectivity index (χ4n) is 3.73. The smallest absolute Gasteiger partial charge is 0.354 e. The highest BCUT2D eigenvalue weighted by molar-refractivity contribution is 5.98. The molecule has 2 aromatic heterocycles. The quantitative estimate of drug-likeness (QED) is 0.452. The summed E-state index contributed by atoms with van der Waals surface area (Å²) in [5, 5.41) is 8.22. The summed E-state index contributed by atoms with van der Waals surface area (Å²) in [5.74, 6) is -0.285. The summed E-state index contributed by atoms with van der Waals surface area (Å²) in [5.41, 5.74) is 3.24. The van der Waals surface area contributed by atoms with Gasteiger partial charge in [-0.15, -0.1) is 0 Å². The van der Waals surface area contributed by atoms with Gasteiger partial charge in [0.25, 0.3) is 5.91 Å². The van der Waals surface area contributed by atoms with Crippen molar-refractivity contribution in [1.29, 1.82) is 0 Å². The molecule has 1 aliphatic rings. The van der Waals surface area contributed by atoms with Crippen LogP contribution in [0.4, 0.5) is 36.1 Å². The van der Waals surface area contributed by atoms with Crippen LogP contribution in [0.1, 0.15) is 33.6 Å². The predicted octanol–water partition coefficient (Wildman–Crippen LogP) is 5.39. The Balaban J connectivity index is 1.67. The van der Waals surface area contributed by atoms with Gasteiger partial charge in [0.05, 0.1) is 16.9 Å². The van der Waals surface area contributed by atoms with Gasteiger partial charge in [-0.25, -0.2) is 9.97 Å². The van der Waals surface area contributed by atoms with Gasteiger partial charge in [0.15, 0.2) is 5.69 Å². The van der Waals surface area contributed by atoms with E-state index >= 15 is 0 Å². The second-order valence-corrected chi connectivity index (χ2v) is 7.75. The number of nitrogens with zero attached hydrogens (tertiary/aromatic N) is 2. The predicted molar refractivity (Wildman–Crippen MR) is 121 cm³/mol. The van der Waals surface area contributed by atoms with Crippen LogP contribution in [-0.4, -0.2) is 22.9 Å². The van der Waals surface area contributed by atoms with Gasteiger partial charge in [0.2, 0.25) is 0 Å². The lowest BCUT2D eigenvalue weighted by atomic mass is 9.88. The van der Waals surface area contributed by atoms with Gasteiger partial charge in [-0.05, 0) is 54.7 Å². The number of nitrogens with one attached hydrogen (secondary N) is 3. The molecule has 170 valence electrons. The molecular formula is C24H22F3N5O. The minimum atomic E-state index is -4.64. The Morgan fingerprint density at radius 2 is 1.85 bits per heavy atom. The number of aryl methyl sites for hydroxylation is 1. The third-order valence-electron chi connectivity index (χ3n) is 5.40. The fraction of sp³-hybridized carbons (Fsp3) is 0.208. The monoisotopic (exact) mass is 453 g/mol. The molecule has 4 rings (SSSR count). The van der Waals surface area contributed by atoms with E-state index in [4.69, 9.17) is 0 Å². The molecule has 3 aromatic rings. The number of halogens is 3. The lowest BCUT2D eigenvalue weighted by Gasteiger charge is -2.20. The van der Waals surface area contributed by atoms with E-state index in [9.17, 15) is 18.0 Å². The number of alkyl halides is 3. The van der Waals surface area contributed by atoms with Crippen molar-refractivity contribution in [3.8, 4) is 0 Å². The molecule has 0 saturated heterocycles.